The largest absolute Gasteiger partial charge is 0.241 e. The molecule has 0 aliphatic heterocycles. The lowest BCUT2D eigenvalue weighted by atomic mass is 9.85. The van der Waals surface area contributed by atoms with Crippen LogP contribution in [0.4, 0.5) is 0 Å². The lowest BCUT2D eigenvalue weighted by molar-refractivity contribution is 0.401. The van der Waals surface area contributed by atoms with Crippen LogP contribution in [0.2, 0.25) is 0 Å². The SMILES string of the molecule is CC(C)c1cnc(C2CCC2)nc1. The van der Waals surface area contributed by atoms with Crippen molar-refractivity contribution >= 4 is 0 Å². The van der Waals surface area contributed by atoms with Crippen molar-refractivity contribution in [3.05, 3.63) is 23.8 Å². The molecule has 2 nitrogen and oxygen atoms in total. The topological polar surface area (TPSA) is 25.8 Å². The van der Waals surface area contributed by atoms with Crippen LogP contribution in [-0.4, -0.2) is 9.97 Å². The van der Waals surface area contributed by atoms with Crippen molar-refractivity contribution in [3.63, 3.8) is 0 Å². The van der Waals surface area contributed by atoms with Crippen molar-refractivity contribution in [2.45, 2.75) is 44.9 Å². The fourth-order valence-electron chi connectivity index (χ4n) is 1.52. The van der Waals surface area contributed by atoms with Crippen molar-refractivity contribution in [1.82, 2.24) is 9.97 Å². The zero-order valence-corrected chi connectivity index (χ0v) is 8.33. The van der Waals surface area contributed by atoms with E-state index >= 15 is 0 Å². The van der Waals surface area contributed by atoms with Gasteiger partial charge in [0, 0.05) is 18.3 Å². The fourth-order valence-corrected chi connectivity index (χ4v) is 1.52. The van der Waals surface area contributed by atoms with E-state index in [1.807, 2.05) is 12.4 Å². The lowest BCUT2D eigenvalue weighted by Crippen LogP contribution is -2.12. The summed E-state index contributed by atoms with van der Waals surface area (Å²) in [7, 11) is 0. The van der Waals surface area contributed by atoms with Gasteiger partial charge in [0.1, 0.15) is 5.82 Å². The molecule has 0 aromatic carbocycles. The number of rotatable bonds is 2. The molecular weight excluding hydrogens is 160 g/mol. The monoisotopic (exact) mass is 176 g/mol. The third-order valence-electron chi connectivity index (χ3n) is 2.83. The normalized spacial score (nSPS) is 17.5. The second kappa shape index (κ2) is 3.44. The smallest absolute Gasteiger partial charge is 0.131 e. The average Bonchev–Trinajstić information content (AvgIpc) is 2.02. The van der Waals surface area contributed by atoms with Gasteiger partial charge in [-0.3, -0.25) is 0 Å². The van der Waals surface area contributed by atoms with E-state index < -0.39 is 0 Å². The molecule has 0 atom stereocenters. The summed E-state index contributed by atoms with van der Waals surface area (Å²) >= 11 is 0. The number of aromatic nitrogens is 2. The van der Waals surface area contributed by atoms with Crippen LogP contribution in [0.15, 0.2) is 12.4 Å². The van der Waals surface area contributed by atoms with Crippen LogP contribution < -0.4 is 0 Å². The van der Waals surface area contributed by atoms with Gasteiger partial charge in [0.25, 0.3) is 0 Å². The minimum atomic E-state index is 0.537. The Morgan fingerprint density at radius 3 is 2.23 bits per heavy atom. The molecular formula is C11H16N2. The van der Waals surface area contributed by atoms with Gasteiger partial charge in [-0.05, 0) is 24.3 Å². The summed E-state index contributed by atoms with van der Waals surface area (Å²) in [5.41, 5.74) is 1.24. The predicted molar refractivity (Wildman–Crippen MR) is 52.7 cm³/mol. The van der Waals surface area contributed by atoms with Crippen molar-refractivity contribution in [2.75, 3.05) is 0 Å². The van der Waals surface area contributed by atoms with E-state index in [0.29, 0.717) is 11.8 Å². The van der Waals surface area contributed by atoms with E-state index in [2.05, 4.69) is 23.8 Å². The highest BCUT2D eigenvalue weighted by molar-refractivity contribution is 5.12. The first-order chi connectivity index (χ1) is 6.27. The van der Waals surface area contributed by atoms with Crippen LogP contribution in [0, 0.1) is 0 Å². The molecule has 0 N–H and O–H groups in total. The Labute approximate surface area is 79.4 Å². The summed E-state index contributed by atoms with van der Waals surface area (Å²) < 4.78 is 0. The maximum atomic E-state index is 4.41. The third-order valence-corrected chi connectivity index (χ3v) is 2.83. The number of hydrogen-bond donors (Lipinski definition) is 0. The maximum absolute atomic E-state index is 4.41. The van der Waals surface area contributed by atoms with Gasteiger partial charge in [0.05, 0.1) is 0 Å². The van der Waals surface area contributed by atoms with E-state index in [1.165, 1.54) is 24.8 Å². The summed E-state index contributed by atoms with van der Waals surface area (Å²) in [5.74, 6) is 2.24. The van der Waals surface area contributed by atoms with E-state index in [9.17, 15) is 0 Å². The van der Waals surface area contributed by atoms with E-state index in [1.54, 1.807) is 0 Å². The van der Waals surface area contributed by atoms with Crippen LogP contribution in [-0.2, 0) is 0 Å². The molecule has 0 amide bonds. The molecule has 2 heteroatoms. The van der Waals surface area contributed by atoms with Crippen molar-refractivity contribution in [3.8, 4) is 0 Å². The first-order valence-corrected chi connectivity index (χ1v) is 5.09. The van der Waals surface area contributed by atoms with Gasteiger partial charge in [-0.2, -0.15) is 0 Å². The van der Waals surface area contributed by atoms with Gasteiger partial charge in [-0.15, -0.1) is 0 Å². The van der Waals surface area contributed by atoms with Gasteiger partial charge in [0.15, 0.2) is 0 Å². The Balaban J connectivity index is 2.13. The first-order valence-electron chi connectivity index (χ1n) is 5.09. The Kier molecular flexibility index (Phi) is 2.30. The quantitative estimate of drug-likeness (QED) is 0.692. The predicted octanol–water partition coefficient (Wildman–Crippen LogP) is 2.87. The molecule has 70 valence electrons. The zero-order chi connectivity index (χ0) is 9.26. The van der Waals surface area contributed by atoms with Crippen LogP contribution in [0.25, 0.3) is 0 Å². The summed E-state index contributed by atoms with van der Waals surface area (Å²) in [6.07, 6.45) is 7.86. The minimum Gasteiger partial charge on any atom is -0.241 e. The Hall–Kier alpha value is -0.920. The zero-order valence-electron chi connectivity index (χ0n) is 8.33. The average molecular weight is 176 g/mol. The lowest BCUT2D eigenvalue weighted by Gasteiger charge is -2.23. The molecule has 0 radical (unpaired) electrons. The van der Waals surface area contributed by atoms with E-state index in [0.717, 1.165) is 5.82 Å². The molecule has 0 bridgehead atoms. The second-order valence-electron chi connectivity index (χ2n) is 4.16. The van der Waals surface area contributed by atoms with E-state index in [-0.39, 0.29) is 0 Å². The maximum Gasteiger partial charge on any atom is 0.131 e. The van der Waals surface area contributed by atoms with Crippen LogP contribution in [0.3, 0.4) is 0 Å². The molecule has 1 aliphatic carbocycles. The molecule has 1 heterocycles. The highest BCUT2D eigenvalue weighted by Crippen LogP contribution is 2.34. The highest BCUT2D eigenvalue weighted by Gasteiger charge is 2.21. The molecule has 1 aliphatic rings. The van der Waals surface area contributed by atoms with Gasteiger partial charge in [-0.25, -0.2) is 9.97 Å². The van der Waals surface area contributed by atoms with Crippen molar-refractivity contribution in [2.24, 2.45) is 0 Å². The van der Waals surface area contributed by atoms with Gasteiger partial charge in [-0.1, -0.05) is 20.3 Å². The molecule has 1 aromatic heterocycles. The van der Waals surface area contributed by atoms with E-state index in [4.69, 9.17) is 0 Å². The molecule has 1 fully saturated rings. The minimum absolute atomic E-state index is 0.537. The summed E-state index contributed by atoms with van der Waals surface area (Å²) in [4.78, 5) is 8.82. The number of nitrogens with zero attached hydrogens (tertiary/aromatic N) is 2. The Morgan fingerprint density at radius 2 is 1.85 bits per heavy atom. The molecule has 2 rings (SSSR count). The Morgan fingerprint density at radius 1 is 1.23 bits per heavy atom. The molecule has 1 saturated carbocycles. The van der Waals surface area contributed by atoms with Crippen molar-refractivity contribution < 1.29 is 0 Å². The first kappa shape index (κ1) is 8.67. The second-order valence-corrected chi connectivity index (χ2v) is 4.16. The van der Waals surface area contributed by atoms with Crippen LogP contribution in [0.5, 0.6) is 0 Å². The summed E-state index contributed by atoms with van der Waals surface area (Å²) in [5, 5.41) is 0. The number of hydrogen-bond acceptors (Lipinski definition) is 2. The van der Waals surface area contributed by atoms with Gasteiger partial charge in [0.2, 0.25) is 0 Å². The van der Waals surface area contributed by atoms with Crippen LogP contribution in [0.1, 0.15) is 56.3 Å². The highest BCUT2D eigenvalue weighted by atomic mass is 14.9. The van der Waals surface area contributed by atoms with Gasteiger partial charge < -0.3 is 0 Å². The molecule has 0 saturated heterocycles. The standard InChI is InChI=1S/C11H16N2/c1-8(2)10-6-12-11(13-7-10)9-4-3-5-9/h6-9H,3-5H2,1-2H3. The van der Waals surface area contributed by atoms with Crippen molar-refractivity contribution in [1.29, 1.82) is 0 Å². The third kappa shape index (κ3) is 1.71. The Bertz CT molecular complexity index is 273. The van der Waals surface area contributed by atoms with Crippen LogP contribution >= 0.6 is 0 Å². The molecule has 1 aromatic rings. The molecule has 0 unspecified atom stereocenters. The summed E-state index contributed by atoms with van der Waals surface area (Å²) in [6, 6.07) is 0. The molecule has 0 spiro atoms. The van der Waals surface area contributed by atoms with Gasteiger partial charge >= 0.3 is 0 Å². The fraction of sp³-hybridized carbons (Fsp3) is 0.636. The molecule has 13 heavy (non-hydrogen) atoms. The summed E-state index contributed by atoms with van der Waals surface area (Å²) in [6.45, 7) is 4.34.